The lowest BCUT2D eigenvalue weighted by molar-refractivity contribution is 0.433. The number of allylic oxidation sites excluding steroid dienone is 2. The molecule has 0 radical (unpaired) electrons. The molecule has 2 aliphatic rings. The van der Waals surface area contributed by atoms with Gasteiger partial charge in [0, 0.05) is 16.9 Å². The summed E-state index contributed by atoms with van der Waals surface area (Å²) in [4.78, 5) is 4.70. The average Bonchev–Trinajstić information content (AvgIpc) is 2.37. The fourth-order valence-corrected chi connectivity index (χ4v) is 3.97. The molecule has 0 amide bonds. The molecule has 2 aromatic rings. The minimum atomic E-state index is -0.263. The Morgan fingerprint density at radius 1 is 1.29 bits per heavy atom. The van der Waals surface area contributed by atoms with Gasteiger partial charge >= 0.3 is 0 Å². The van der Waals surface area contributed by atoms with E-state index in [9.17, 15) is 4.39 Å². The summed E-state index contributed by atoms with van der Waals surface area (Å²) in [5, 5.41) is 0.497. The average molecular weight is 305 g/mol. The molecule has 0 spiro atoms. The number of pyridine rings is 1. The Morgan fingerprint density at radius 3 is 2.90 bits per heavy atom. The van der Waals surface area contributed by atoms with Crippen LogP contribution in [-0.4, -0.2) is 4.98 Å². The molecular formula is C17H18ClFN2. The molecule has 110 valence electrons. The maximum Gasteiger partial charge on any atom is 0.134 e. The number of halogens is 2. The van der Waals surface area contributed by atoms with Crippen LogP contribution >= 0.6 is 12.4 Å². The van der Waals surface area contributed by atoms with E-state index in [0.717, 1.165) is 30.5 Å². The molecule has 2 unspecified atom stereocenters. The van der Waals surface area contributed by atoms with Gasteiger partial charge in [-0.2, -0.15) is 0 Å². The summed E-state index contributed by atoms with van der Waals surface area (Å²) in [6.45, 7) is 2.18. The predicted molar refractivity (Wildman–Crippen MR) is 86.3 cm³/mol. The fourth-order valence-electron chi connectivity index (χ4n) is 3.97. The van der Waals surface area contributed by atoms with Crippen molar-refractivity contribution in [3.8, 4) is 0 Å². The number of fused-ring (bicyclic) bond motifs is 5. The van der Waals surface area contributed by atoms with Crippen molar-refractivity contribution in [2.45, 2.75) is 32.1 Å². The smallest absolute Gasteiger partial charge is 0.134 e. The summed E-state index contributed by atoms with van der Waals surface area (Å²) in [5.74, 6) is 0.713. The number of nitrogen functional groups attached to an aromatic ring is 1. The lowest BCUT2D eigenvalue weighted by Gasteiger charge is -2.35. The number of hydrogen-bond donors (Lipinski definition) is 1. The normalized spacial score (nSPS) is 23.2. The third-order valence-electron chi connectivity index (χ3n) is 4.66. The molecule has 1 aromatic carbocycles. The first-order chi connectivity index (χ1) is 9.63. The molecular weight excluding hydrogens is 287 g/mol. The molecule has 4 rings (SSSR count). The van der Waals surface area contributed by atoms with Gasteiger partial charge in [-0.15, -0.1) is 12.4 Å². The molecule has 2 bridgehead atoms. The van der Waals surface area contributed by atoms with E-state index in [1.807, 2.05) is 6.07 Å². The van der Waals surface area contributed by atoms with Gasteiger partial charge in [-0.3, -0.25) is 4.98 Å². The lowest BCUT2D eigenvalue weighted by atomic mass is 9.71. The minimum absolute atomic E-state index is 0. The van der Waals surface area contributed by atoms with E-state index in [1.54, 1.807) is 6.07 Å². The summed E-state index contributed by atoms with van der Waals surface area (Å²) in [5.41, 5.74) is 11.2. The van der Waals surface area contributed by atoms with Crippen LogP contribution in [0.4, 0.5) is 10.1 Å². The van der Waals surface area contributed by atoms with Crippen molar-refractivity contribution in [2.24, 2.45) is 5.92 Å². The molecule has 0 saturated carbocycles. The zero-order valence-corrected chi connectivity index (χ0v) is 12.7. The van der Waals surface area contributed by atoms with Crippen molar-refractivity contribution in [1.29, 1.82) is 0 Å². The number of aromatic nitrogens is 1. The predicted octanol–water partition coefficient (Wildman–Crippen LogP) is 4.37. The highest BCUT2D eigenvalue weighted by molar-refractivity contribution is 5.93. The van der Waals surface area contributed by atoms with Crippen molar-refractivity contribution in [3.05, 3.63) is 46.9 Å². The van der Waals surface area contributed by atoms with Gasteiger partial charge in [0.15, 0.2) is 0 Å². The summed E-state index contributed by atoms with van der Waals surface area (Å²) in [6, 6.07) is 5.01. The number of nitrogens with zero attached hydrogens (tertiary/aromatic N) is 1. The van der Waals surface area contributed by atoms with Crippen LogP contribution in [-0.2, 0) is 6.42 Å². The van der Waals surface area contributed by atoms with Gasteiger partial charge < -0.3 is 5.73 Å². The maximum absolute atomic E-state index is 14.1. The van der Waals surface area contributed by atoms with Crippen LogP contribution in [0, 0.1) is 11.7 Å². The first-order valence-corrected chi connectivity index (χ1v) is 7.17. The van der Waals surface area contributed by atoms with Crippen LogP contribution < -0.4 is 5.73 Å². The summed E-state index contributed by atoms with van der Waals surface area (Å²) in [7, 11) is 0. The van der Waals surface area contributed by atoms with Gasteiger partial charge in [0.05, 0.1) is 10.9 Å². The molecule has 2 nitrogen and oxygen atoms in total. The zero-order valence-electron chi connectivity index (χ0n) is 11.9. The van der Waals surface area contributed by atoms with E-state index in [-0.39, 0.29) is 18.2 Å². The molecule has 4 heteroatoms. The Morgan fingerprint density at radius 2 is 2.10 bits per heavy atom. The SMILES string of the molecule is CC1=CC2Cc3nc4cccc(F)c4c(N)c3C(C1)C2.Cl. The van der Waals surface area contributed by atoms with E-state index in [2.05, 4.69) is 13.0 Å². The zero-order chi connectivity index (χ0) is 13.9. The monoisotopic (exact) mass is 304 g/mol. The highest BCUT2D eigenvalue weighted by atomic mass is 35.5. The highest BCUT2D eigenvalue weighted by Crippen LogP contribution is 2.46. The highest BCUT2D eigenvalue weighted by Gasteiger charge is 2.33. The van der Waals surface area contributed by atoms with Crippen LogP contribution in [0.5, 0.6) is 0 Å². The Hall–Kier alpha value is -1.61. The Balaban J connectivity index is 0.00000132. The number of anilines is 1. The standard InChI is InChI=1S/C17H17FN2.ClH/c1-9-5-10-7-11(6-9)15-14(8-10)20-13-4-2-3-12(18)16(13)17(15)19;/h2-5,10-11H,6-8H2,1H3,(H2,19,20);1H. The summed E-state index contributed by atoms with van der Waals surface area (Å²) >= 11 is 0. The van der Waals surface area contributed by atoms with Crippen molar-refractivity contribution in [2.75, 3.05) is 5.73 Å². The number of nitrogens with two attached hydrogens (primary N) is 1. The lowest BCUT2D eigenvalue weighted by Crippen LogP contribution is -2.24. The van der Waals surface area contributed by atoms with E-state index < -0.39 is 0 Å². The van der Waals surface area contributed by atoms with E-state index >= 15 is 0 Å². The second kappa shape index (κ2) is 4.99. The van der Waals surface area contributed by atoms with Crippen molar-refractivity contribution in [3.63, 3.8) is 0 Å². The largest absolute Gasteiger partial charge is 0.398 e. The molecule has 2 N–H and O–H groups in total. The summed E-state index contributed by atoms with van der Waals surface area (Å²) < 4.78 is 14.1. The minimum Gasteiger partial charge on any atom is -0.398 e. The fraction of sp³-hybridized carbons (Fsp3) is 0.353. The molecule has 1 heterocycles. The second-order valence-electron chi connectivity index (χ2n) is 6.13. The van der Waals surface area contributed by atoms with Crippen LogP contribution in [0.1, 0.15) is 36.9 Å². The van der Waals surface area contributed by atoms with E-state index in [4.69, 9.17) is 10.7 Å². The van der Waals surface area contributed by atoms with Crippen LogP contribution in [0.15, 0.2) is 29.8 Å². The Labute approximate surface area is 129 Å². The third kappa shape index (κ3) is 2.11. The molecule has 0 aliphatic heterocycles. The molecule has 2 atom stereocenters. The molecule has 21 heavy (non-hydrogen) atoms. The first kappa shape index (κ1) is 14.3. The van der Waals surface area contributed by atoms with E-state index in [0.29, 0.717) is 28.4 Å². The van der Waals surface area contributed by atoms with Gasteiger partial charge in [0.2, 0.25) is 0 Å². The van der Waals surface area contributed by atoms with Crippen LogP contribution in [0.3, 0.4) is 0 Å². The topological polar surface area (TPSA) is 38.9 Å². The van der Waals surface area contributed by atoms with Crippen molar-refractivity contribution in [1.82, 2.24) is 4.98 Å². The second-order valence-corrected chi connectivity index (χ2v) is 6.13. The van der Waals surface area contributed by atoms with Gasteiger partial charge in [-0.1, -0.05) is 17.7 Å². The van der Waals surface area contributed by atoms with Gasteiger partial charge in [-0.05, 0) is 50.2 Å². The maximum atomic E-state index is 14.1. The Bertz CT molecular complexity index is 754. The molecule has 2 aliphatic carbocycles. The van der Waals surface area contributed by atoms with Gasteiger partial charge in [0.1, 0.15) is 5.82 Å². The molecule has 1 aromatic heterocycles. The van der Waals surface area contributed by atoms with Gasteiger partial charge in [-0.25, -0.2) is 4.39 Å². The van der Waals surface area contributed by atoms with E-state index in [1.165, 1.54) is 11.6 Å². The Kier molecular flexibility index (Phi) is 3.40. The van der Waals surface area contributed by atoms with Crippen molar-refractivity contribution < 1.29 is 4.39 Å². The number of benzene rings is 1. The third-order valence-corrected chi connectivity index (χ3v) is 4.66. The van der Waals surface area contributed by atoms with Gasteiger partial charge in [0.25, 0.3) is 0 Å². The molecule has 0 saturated heterocycles. The van der Waals surface area contributed by atoms with Crippen LogP contribution in [0.25, 0.3) is 10.9 Å². The molecule has 0 fully saturated rings. The number of hydrogen-bond acceptors (Lipinski definition) is 2. The quantitative estimate of drug-likeness (QED) is 0.734. The van der Waals surface area contributed by atoms with Crippen LogP contribution in [0.2, 0.25) is 0 Å². The summed E-state index contributed by atoms with van der Waals surface area (Å²) in [6.07, 6.45) is 5.44. The van der Waals surface area contributed by atoms with Crippen molar-refractivity contribution >= 4 is 29.0 Å². The first-order valence-electron chi connectivity index (χ1n) is 7.17. The number of rotatable bonds is 0.